The van der Waals surface area contributed by atoms with Gasteiger partial charge in [0.05, 0.1) is 7.11 Å². The van der Waals surface area contributed by atoms with E-state index in [4.69, 9.17) is 27.9 Å². The Morgan fingerprint density at radius 2 is 1.79 bits per heavy atom. The molecule has 0 N–H and O–H groups in total. The summed E-state index contributed by atoms with van der Waals surface area (Å²) in [4.78, 5) is 3.99. The van der Waals surface area contributed by atoms with Crippen LogP contribution in [0.25, 0.3) is 10.8 Å². The van der Waals surface area contributed by atoms with Gasteiger partial charge in [-0.3, -0.25) is 0 Å². The van der Waals surface area contributed by atoms with Crippen LogP contribution < -0.4 is 4.74 Å². The smallest absolute Gasteiger partial charge is 0.213 e. The van der Waals surface area contributed by atoms with Crippen molar-refractivity contribution in [1.29, 1.82) is 0 Å². The Hall–Kier alpha value is -1.13. The molecule has 14 heavy (non-hydrogen) atoms. The minimum atomic E-state index is 0.277. The molecule has 0 atom stereocenters. The average molecular weight is 230 g/mol. The van der Waals surface area contributed by atoms with Gasteiger partial charge in [-0.2, -0.15) is 0 Å². The van der Waals surface area contributed by atoms with Gasteiger partial charge in [-0.25, -0.2) is 4.98 Å². The second-order valence-electron chi connectivity index (χ2n) is 2.55. The minimum absolute atomic E-state index is 0.277. The van der Waals surface area contributed by atoms with E-state index >= 15 is 0 Å². The largest absolute Gasteiger partial charge is 0.481 e. The Bertz CT molecular complexity index is 489. The summed E-state index contributed by atoms with van der Waals surface area (Å²) in [6.07, 6.45) is 1.55. The van der Waals surface area contributed by atoms with Crippen molar-refractivity contribution in [2.75, 3.05) is 7.11 Å². The maximum Gasteiger partial charge on any atom is 0.213 e. The molecule has 72 valence electrons. The summed E-state index contributed by atoms with van der Waals surface area (Å²) in [5, 5.41) is 9.25. The van der Waals surface area contributed by atoms with Crippen molar-refractivity contribution < 1.29 is 4.74 Å². The van der Waals surface area contributed by atoms with Gasteiger partial charge in [-0.15, -0.1) is 10.2 Å². The first-order chi connectivity index (χ1) is 6.72. The van der Waals surface area contributed by atoms with Crippen LogP contribution in [0.5, 0.6) is 5.88 Å². The molecule has 0 spiro atoms. The number of rotatable bonds is 1. The Morgan fingerprint density at radius 3 is 2.43 bits per heavy atom. The van der Waals surface area contributed by atoms with Gasteiger partial charge in [0.1, 0.15) is 0 Å². The molecule has 0 aliphatic heterocycles. The highest BCUT2D eigenvalue weighted by atomic mass is 35.5. The summed E-state index contributed by atoms with van der Waals surface area (Å²) < 4.78 is 4.96. The van der Waals surface area contributed by atoms with Crippen molar-refractivity contribution in [3.05, 3.63) is 22.6 Å². The number of methoxy groups -OCH3 is 1. The third-order valence-corrected chi connectivity index (χ3v) is 2.32. The molecule has 2 heterocycles. The maximum absolute atomic E-state index is 5.84. The minimum Gasteiger partial charge on any atom is -0.481 e. The van der Waals surface area contributed by atoms with Crippen LogP contribution in [-0.2, 0) is 0 Å². The quantitative estimate of drug-likeness (QED) is 0.754. The Balaban J connectivity index is 2.80. The molecule has 2 aromatic rings. The fraction of sp³-hybridized carbons (Fsp3) is 0.125. The number of halogens is 2. The topological polar surface area (TPSA) is 47.9 Å². The van der Waals surface area contributed by atoms with Crippen LogP contribution in [0.3, 0.4) is 0 Å². The molecule has 0 aliphatic rings. The standard InChI is InChI=1S/C8H5Cl2N3O/c1-14-6-2-4-5(3-11-6)8(10)13-12-7(4)9/h2-3H,1H3. The fourth-order valence-corrected chi connectivity index (χ4v) is 1.46. The van der Waals surface area contributed by atoms with Crippen LogP contribution in [0, 0.1) is 0 Å². The summed E-state index contributed by atoms with van der Waals surface area (Å²) in [5.74, 6) is 0.462. The zero-order valence-corrected chi connectivity index (χ0v) is 8.67. The SMILES string of the molecule is COc1cc2c(Cl)nnc(Cl)c2cn1. The molecular formula is C8H5Cl2N3O. The highest BCUT2D eigenvalue weighted by Gasteiger charge is 2.07. The molecule has 0 aliphatic carbocycles. The number of fused-ring (bicyclic) bond motifs is 1. The molecule has 0 saturated heterocycles. The van der Waals surface area contributed by atoms with Crippen LogP contribution in [0.15, 0.2) is 12.3 Å². The summed E-state index contributed by atoms with van der Waals surface area (Å²) in [7, 11) is 1.53. The summed E-state index contributed by atoms with van der Waals surface area (Å²) in [5.41, 5.74) is 0. The summed E-state index contributed by atoms with van der Waals surface area (Å²) in [6, 6.07) is 1.66. The van der Waals surface area contributed by atoms with Gasteiger partial charge < -0.3 is 4.74 Å². The number of ether oxygens (including phenoxy) is 1. The van der Waals surface area contributed by atoms with Crippen LogP contribution >= 0.6 is 23.2 Å². The van der Waals surface area contributed by atoms with Crippen molar-refractivity contribution in [3.63, 3.8) is 0 Å². The van der Waals surface area contributed by atoms with E-state index in [0.717, 1.165) is 0 Å². The van der Waals surface area contributed by atoms with Crippen LogP contribution in [0.2, 0.25) is 10.3 Å². The number of pyridine rings is 1. The van der Waals surface area contributed by atoms with E-state index in [0.29, 0.717) is 16.7 Å². The van der Waals surface area contributed by atoms with Crippen LogP contribution in [0.4, 0.5) is 0 Å². The van der Waals surface area contributed by atoms with E-state index in [2.05, 4.69) is 15.2 Å². The maximum atomic E-state index is 5.84. The third-order valence-electron chi connectivity index (χ3n) is 1.76. The molecular weight excluding hydrogens is 225 g/mol. The number of hydrogen-bond donors (Lipinski definition) is 0. The molecule has 2 aromatic heterocycles. The number of aromatic nitrogens is 3. The zero-order chi connectivity index (χ0) is 10.1. The van der Waals surface area contributed by atoms with Crippen molar-refractivity contribution in [2.24, 2.45) is 0 Å². The van der Waals surface area contributed by atoms with Gasteiger partial charge in [-0.05, 0) is 0 Å². The number of hydrogen-bond acceptors (Lipinski definition) is 4. The van der Waals surface area contributed by atoms with E-state index in [1.54, 1.807) is 12.3 Å². The highest BCUT2D eigenvalue weighted by Crippen LogP contribution is 2.27. The van der Waals surface area contributed by atoms with Crippen LogP contribution in [0.1, 0.15) is 0 Å². The lowest BCUT2D eigenvalue weighted by molar-refractivity contribution is 0.398. The van der Waals surface area contributed by atoms with Gasteiger partial charge in [0.15, 0.2) is 10.3 Å². The lowest BCUT2D eigenvalue weighted by Crippen LogP contribution is -1.91. The Labute approximate surface area is 89.8 Å². The lowest BCUT2D eigenvalue weighted by Gasteiger charge is -2.02. The van der Waals surface area contributed by atoms with Crippen molar-refractivity contribution >= 4 is 34.0 Å². The van der Waals surface area contributed by atoms with Gasteiger partial charge >= 0.3 is 0 Å². The molecule has 0 saturated carbocycles. The van der Waals surface area contributed by atoms with Crippen molar-refractivity contribution in [2.45, 2.75) is 0 Å². The highest BCUT2D eigenvalue weighted by molar-refractivity contribution is 6.38. The van der Waals surface area contributed by atoms with Crippen molar-refractivity contribution in [1.82, 2.24) is 15.2 Å². The molecule has 2 rings (SSSR count). The van der Waals surface area contributed by atoms with Crippen LogP contribution in [-0.4, -0.2) is 22.3 Å². The normalized spacial score (nSPS) is 10.5. The molecule has 0 radical (unpaired) electrons. The second-order valence-corrected chi connectivity index (χ2v) is 3.27. The lowest BCUT2D eigenvalue weighted by atomic mass is 10.2. The van der Waals surface area contributed by atoms with E-state index in [-0.39, 0.29) is 10.3 Å². The second kappa shape index (κ2) is 3.55. The summed E-state index contributed by atoms with van der Waals surface area (Å²) in [6.45, 7) is 0. The molecule has 6 heteroatoms. The fourth-order valence-electron chi connectivity index (χ4n) is 1.08. The van der Waals surface area contributed by atoms with E-state index in [1.807, 2.05) is 0 Å². The Kier molecular flexibility index (Phi) is 2.39. The van der Waals surface area contributed by atoms with E-state index in [1.165, 1.54) is 7.11 Å². The molecule has 0 fully saturated rings. The van der Waals surface area contributed by atoms with Gasteiger partial charge in [0, 0.05) is 23.0 Å². The van der Waals surface area contributed by atoms with Crippen molar-refractivity contribution in [3.8, 4) is 5.88 Å². The monoisotopic (exact) mass is 229 g/mol. The first kappa shape index (κ1) is 9.43. The first-order valence-electron chi connectivity index (χ1n) is 3.74. The van der Waals surface area contributed by atoms with E-state index in [9.17, 15) is 0 Å². The number of nitrogens with zero attached hydrogens (tertiary/aromatic N) is 3. The molecule has 4 nitrogen and oxygen atoms in total. The predicted molar refractivity (Wildman–Crippen MR) is 53.9 cm³/mol. The predicted octanol–water partition coefficient (Wildman–Crippen LogP) is 2.34. The first-order valence-corrected chi connectivity index (χ1v) is 4.49. The molecule has 0 aromatic carbocycles. The molecule has 0 amide bonds. The summed E-state index contributed by atoms with van der Waals surface area (Å²) >= 11 is 11.7. The Morgan fingerprint density at radius 1 is 1.14 bits per heavy atom. The van der Waals surface area contributed by atoms with E-state index < -0.39 is 0 Å². The van der Waals surface area contributed by atoms with Gasteiger partial charge in [0.2, 0.25) is 5.88 Å². The molecule has 0 unspecified atom stereocenters. The average Bonchev–Trinajstić information content (AvgIpc) is 2.23. The van der Waals surface area contributed by atoms with Gasteiger partial charge in [0.25, 0.3) is 0 Å². The molecule has 0 bridgehead atoms. The zero-order valence-electron chi connectivity index (χ0n) is 7.16. The third kappa shape index (κ3) is 1.47. The van der Waals surface area contributed by atoms with Gasteiger partial charge in [-0.1, -0.05) is 23.2 Å².